The van der Waals surface area contributed by atoms with E-state index in [1.807, 2.05) is 0 Å². The number of carboxylic acid groups (broad SMARTS) is 2. The summed E-state index contributed by atoms with van der Waals surface area (Å²) in [5.41, 5.74) is 0. The third kappa shape index (κ3) is 5.09. The van der Waals surface area contributed by atoms with Gasteiger partial charge >= 0.3 is 11.9 Å². The number of carbonyl (C=O) groups is 4. The molecule has 23 heavy (non-hydrogen) atoms. The van der Waals surface area contributed by atoms with Crippen LogP contribution in [0.25, 0.3) is 0 Å². The van der Waals surface area contributed by atoms with Crippen LogP contribution < -0.4 is 0 Å². The summed E-state index contributed by atoms with van der Waals surface area (Å²) in [7, 11) is 0. The minimum Gasteiger partial charge on any atom is -0.480 e. The van der Waals surface area contributed by atoms with Gasteiger partial charge in [0.1, 0.15) is 18.0 Å². The van der Waals surface area contributed by atoms with Gasteiger partial charge in [0, 0.05) is 20.0 Å². The molecule has 2 heterocycles. The number of nitrogens with zero attached hydrogens (tertiary/aromatic N) is 2. The summed E-state index contributed by atoms with van der Waals surface area (Å²) in [4.78, 5) is 45.7. The summed E-state index contributed by atoms with van der Waals surface area (Å²) in [6.45, 7) is 2.51. The second-order valence-electron chi connectivity index (χ2n) is 5.43. The van der Waals surface area contributed by atoms with E-state index in [4.69, 9.17) is 21.8 Å². The van der Waals surface area contributed by atoms with E-state index in [1.54, 1.807) is 0 Å². The molecule has 0 bridgehead atoms. The zero-order valence-corrected chi connectivity index (χ0v) is 13.7. The van der Waals surface area contributed by atoms with Crippen LogP contribution in [0.1, 0.15) is 32.6 Å². The summed E-state index contributed by atoms with van der Waals surface area (Å²) in [5, 5.41) is 17.3. The fourth-order valence-electron chi connectivity index (χ4n) is 2.80. The van der Waals surface area contributed by atoms with E-state index in [1.165, 1.54) is 16.7 Å². The van der Waals surface area contributed by atoms with Crippen molar-refractivity contribution in [2.24, 2.45) is 0 Å². The van der Waals surface area contributed by atoms with Crippen LogP contribution in [-0.4, -0.2) is 74.8 Å². The zero-order valence-electron chi connectivity index (χ0n) is 12.9. The molecule has 0 spiro atoms. The molecule has 2 rings (SSSR count). The first-order chi connectivity index (χ1) is 10.8. The molecular weight excluding hydrogens is 328 g/mol. The van der Waals surface area contributed by atoms with E-state index >= 15 is 0 Å². The Labute approximate surface area is 139 Å². The van der Waals surface area contributed by atoms with Crippen molar-refractivity contribution in [3.05, 3.63) is 0 Å². The molecule has 2 aliphatic heterocycles. The number of carbonyl (C=O) groups excluding carboxylic acids is 2. The van der Waals surface area contributed by atoms with Crippen LogP contribution in [0.5, 0.6) is 0 Å². The van der Waals surface area contributed by atoms with Crippen molar-refractivity contribution in [2.45, 2.75) is 44.7 Å². The Balaban J connectivity index is 0.000000231. The molecule has 0 aliphatic carbocycles. The number of rotatable bonds is 3. The van der Waals surface area contributed by atoms with Crippen LogP contribution in [0.4, 0.5) is 0 Å². The summed E-state index contributed by atoms with van der Waals surface area (Å²) in [5.74, 6) is -2.40. The van der Waals surface area contributed by atoms with Crippen molar-refractivity contribution in [2.75, 3.05) is 19.0 Å². The highest BCUT2D eigenvalue weighted by Gasteiger charge is 2.33. The Hall–Kier alpha value is -1.83. The smallest absolute Gasteiger partial charge is 0.326 e. The highest BCUT2D eigenvalue weighted by atomic mass is 35.5. The minimum atomic E-state index is -0.939. The van der Waals surface area contributed by atoms with Gasteiger partial charge < -0.3 is 20.0 Å². The van der Waals surface area contributed by atoms with E-state index in [2.05, 4.69) is 0 Å². The fourth-order valence-corrected chi connectivity index (χ4v) is 2.95. The monoisotopic (exact) mass is 348 g/mol. The van der Waals surface area contributed by atoms with Gasteiger partial charge in [-0.15, -0.1) is 11.6 Å². The van der Waals surface area contributed by atoms with Gasteiger partial charge in [-0.3, -0.25) is 9.59 Å². The first-order valence-electron chi connectivity index (χ1n) is 7.37. The Bertz CT molecular complexity index is 464. The van der Waals surface area contributed by atoms with E-state index in [9.17, 15) is 19.2 Å². The lowest BCUT2D eigenvalue weighted by Gasteiger charge is -2.19. The van der Waals surface area contributed by atoms with Crippen LogP contribution in [-0.2, 0) is 19.2 Å². The maximum atomic E-state index is 11.1. The molecule has 2 N–H and O–H groups in total. The molecule has 2 fully saturated rings. The molecule has 2 amide bonds. The topological polar surface area (TPSA) is 115 Å². The minimum absolute atomic E-state index is 0.135. The van der Waals surface area contributed by atoms with Gasteiger partial charge in [0.2, 0.25) is 11.8 Å². The molecule has 0 aromatic heterocycles. The Morgan fingerprint density at radius 3 is 1.74 bits per heavy atom. The third-order valence-electron chi connectivity index (χ3n) is 3.91. The van der Waals surface area contributed by atoms with Gasteiger partial charge in [0.05, 0.1) is 0 Å². The standard InChI is InChI=1S/C7H10ClNO3.C7H11NO3/c8-4-6(10)9-3-1-2-5(9)7(11)12;1-5(9)8-4-2-3-6(8)7(10)11/h5H,1-4H2,(H,11,12);6H,2-4H2,1H3,(H,10,11)/t5-;6-/m00/s1. The molecule has 0 unspecified atom stereocenters. The molecule has 0 radical (unpaired) electrons. The van der Waals surface area contributed by atoms with Crippen LogP contribution in [0.15, 0.2) is 0 Å². The second kappa shape index (κ2) is 8.71. The molecule has 0 saturated carbocycles. The quantitative estimate of drug-likeness (QED) is 0.712. The van der Waals surface area contributed by atoms with Gasteiger partial charge in [-0.1, -0.05) is 0 Å². The fraction of sp³-hybridized carbons (Fsp3) is 0.714. The maximum Gasteiger partial charge on any atom is 0.326 e. The predicted octanol–water partition coefficient (Wildman–Crippen LogP) is 0.383. The van der Waals surface area contributed by atoms with Gasteiger partial charge in [0.25, 0.3) is 0 Å². The average molecular weight is 349 g/mol. The van der Waals surface area contributed by atoms with Gasteiger partial charge in [-0.25, -0.2) is 9.59 Å². The number of likely N-dealkylation sites (tertiary alicyclic amines) is 2. The van der Waals surface area contributed by atoms with E-state index in [0.717, 1.165) is 12.8 Å². The van der Waals surface area contributed by atoms with Crippen molar-refractivity contribution in [3.63, 3.8) is 0 Å². The second-order valence-corrected chi connectivity index (χ2v) is 5.69. The lowest BCUT2D eigenvalue weighted by molar-refractivity contribution is -0.147. The molecule has 2 aliphatic rings. The van der Waals surface area contributed by atoms with E-state index in [0.29, 0.717) is 25.9 Å². The Kier molecular flexibility index (Phi) is 7.28. The number of halogens is 1. The van der Waals surface area contributed by atoms with Crippen molar-refractivity contribution in [3.8, 4) is 0 Å². The summed E-state index contributed by atoms with van der Waals surface area (Å²) >= 11 is 5.32. The SMILES string of the molecule is CC(=O)N1CCC[C@H]1C(=O)O.O=C(O)[C@@H]1CCCN1C(=O)CCl. The third-order valence-corrected chi connectivity index (χ3v) is 4.14. The normalized spacial score (nSPS) is 23.2. The largest absolute Gasteiger partial charge is 0.480 e. The molecule has 2 saturated heterocycles. The maximum absolute atomic E-state index is 11.1. The number of carboxylic acids is 2. The van der Waals surface area contributed by atoms with Gasteiger partial charge in [-0.05, 0) is 25.7 Å². The number of alkyl halides is 1. The zero-order chi connectivity index (χ0) is 17.6. The molecule has 0 aromatic rings. The highest BCUT2D eigenvalue weighted by molar-refractivity contribution is 6.27. The molecular formula is C14H21ClN2O6. The number of amides is 2. The predicted molar refractivity (Wildman–Crippen MR) is 81.1 cm³/mol. The molecule has 8 nitrogen and oxygen atoms in total. The number of aliphatic carboxylic acids is 2. The van der Waals surface area contributed by atoms with Crippen molar-refractivity contribution in [1.29, 1.82) is 0 Å². The molecule has 0 aromatic carbocycles. The number of hydrogen-bond acceptors (Lipinski definition) is 4. The summed E-state index contributed by atoms with van der Waals surface area (Å²) in [6, 6.07) is -1.23. The first-order valence-corrected chi connectivity index (χ1v) is 7.91. The van der Waals surface area contributed by atoms with Crippen LogP contribution in [0, 0.1) is 0 Å². The van der Waals surface area contributed by atoms with Gasteiger partial charge in [-0.2, -0.15) is 0 Å². The van der Waals surface area contributed by atoms with Crippen molar-refractivity contribution < 1.29 is 29.4 Å². The average Bonchev–Trinajstić information content (AvgIpc) is 3.15. The lowest BCUT2D eigenvalue weighted by Crippen LogP contribution is -2.41. The van der Waals surface area contributed by atoms with E-state index in [-0.39, 0.29) is 17.7 Å². The van der Waals surface area contributed by atoms with Crippen LogP contribution in [0.2, 0.25) is 0 Å². The van der Waals surface area contributed by atoms with Crippen molar-refractivity contribution in [1.82, 2.24) is 9.80 Å². The molecule has 9 heteroatoms. The van der Waals surface area contributed by atoms with Crippen LogP contribution >= 0.6 is 11.6 Å². The molecule has 2 atom stereocenters. The molecule has 130 valence electrons. The number of hydrogen-bond donors (Lipinski definition) is 2. The van der Waals surface area contributed by atoms with Crippen LogP contribution in [0.3, 0.4) is 0 Å². The van der Waals surface area contributed by atoms with Gasteiger partial charge in [0.15, 0.2) is 0 Å². The van der Waals surface area contributed by atoms with Crippen molar-refractivity contribution >= 4 is 35.4 Å². The summed E-state index contributed by atoms with van der Waals surface area (Å²) in [6.07, 6.45) is 2.68. The lowest BCUT2D eigenvalue weighted by atomic mass is 10.2. The summed E-state index contributed by atoms with van der Waals surface area (Å²) < 4.78 is 0. The highest BCUT2D eigenvalue weighted by Crippen LogP contribution is 2.18. The Morgan fingerprint density at radius 2 is 1.39 bits per heavy atom. The van der Waals surface area contributed by atoms with E-state index < -0.39 is 24.0 Å². The first kappa shape index (κ1) is 19.2. The Morgan fingerprint density at radius 1 is 0.957 bits per heavy atom.